The highest BCUT2D eigenvalue weighted by Crippen LogP contribution is 2.35. The van der Waals surface area contributed by atoms with Crippen molar-refractivity contribution in [3.05, 3.63) is 106 Å². The second-order valence-electron chi connectivity index (χ2n) is 9.82. The van der Waals surface area contributed by atoms with Crippen molar-refractivity contribution in [1.82, 2.24) is 20.1 Å². The summed E-state index contributed by atoms with van der Waals surface area (Å²) in [5.41, 5.74) is 3.09. The molecule has 2 aromatic heterocycles. The quantitative estimate of drug-likeness (QED) is 0.182. The van der Waals surface area contributed by atoms with Gasteiger partial charge in [0.1, 0.15) is 0 Å². The van der Waals surface area contributed by atoms with Crippen molar-refractivity contribution in [2.75, 3.05) is 6.54 Å². The first-order valence-corrected chi connectivity index (χ1v) is 13.8. The molecule has 43 heavy (non-hydrogen) atoms. The highest BCUT2D eigenvalue weighted by molar-refractivity contribution is 6.35. The first kappa shape index (κ1) is 30.1. The molecule has 7 nitrogen and oxygen atoms in total. The first-order chi connectivity index (χ1) is 20.4. The lowest BCUT2D eigenvalue weighted by molar-refractivity contribution is -0.138. The second-order valence-corrected chi connectivity index (χ2v) is 10.7. The van der Waals surface area contributed by atoms with Gasteiger partial charge >= 0.3 is 12.1 Å². The number of aliphatic carboxylic acids is 1. The zero-order chi connectivity index (χ0) is 30.9. The van der Waals surface area contributed by atoms with Crippen LogP contribution < -0.4 is 5.32 Å². The number of nitrogens with one attached hydrogen (secondary N) is 1. The van der Waals surface area contributed by atoms with Crippen LogP contribution in [0.4, 0.5) is 13.2 Å². The summed E-state index contributed by atoms with van der Waals surface area (Å²) in [5, 5.41) is 17.4. The molecule has 0 aliphatic rings. The number of pyridine rings is 1. The monoisotopic (exact) mass is 626 g/mol. The number of carboxylic acids is 1. The Hall–Kier alpha value is -4.41. The number of hydrogen-bond donors (Lipinski definition) is 2. The molecule has 0 aliphatic heterocycles. The number of rotatable bonds is 8. The van der Waals surface area contributed by atoms with Gasteiger partial charge in [0, 0.05) is 33.1 Å². The summed E-state index contributed by atoms with van der Waals surface area (Å²) in [7, 11) is 0. The molecule has 5 aromatic rings. The minimum atomic E-state index is -4.47. The number of hydrogen-bond acceptors (Lipinski definition) is 4. The molecule has 220 valence electrons. The Labute approximate surface area is 253 Å². The predicted molar refractivity (Wildman–Crippen MR) is 158 cm³/mol. The largest absolute Gasteiger partial charge is 0.481 e. The summed E-state index contributed by atoms with van der Waals surface area (Å²) in [6.07, 6.45) is -4.65. The Bertz CT molecular complexity index is 1820. The van der Waals surface area contributed by atoms with Crippen LogP contribution in [0.1, 0.15) is 40.9 Å². The number of halogens is 5. The molecule has 0 radical (unpaired) electrons. The number of fused-ring (bicyclic) bond motifs is 1. The van der Waals surface area contributed by atoms with Crippen molar-refractivity contribution in [3.8, 4) is 22.6 Å². The number of amides is 1. The first-order valence-electron chi connectivity index (χ1n) is 13.0. The minimum absolute atomic E-state index is 0.00946. The smallest absolute Gasteiger partial charge is 0.416 e. The van der Waals surface area contributed by atoms with Crippen molar-refractivity contribution in [2.24, 2.45) is 0 Å². The second kappa shape index (κ2) is 12.1. The molecule has 5 rings (SSSR count). The third-order valence-corrected chi connectivity index (χ3v) is 7.26. The molecular formula is C31H23Cl2F3N4O3. The fraction of sp³-hybridized carbons (Fsp3) is 0.161. The van der Waals surface area contributed by atoms with Gasteiger partial charge in [-0.3, -0.25) is 14.3 Å². The molecule has 0 saturated carbocycles. The van der Waals surface area contributed by atoms with E-state index in [1.54, 1.807) is 65.3 Å². The highest BCUT2D eigenvalue weighted by Gasteiger charge is 2.30. The Morgan fingerprint density at radius 1 is 0.930 bits per heavy atom. The van der Waals surface area contributed by atoms with E-state index in [1.165, 1.54) is 6.07 Å². The maximum absolute atomic E-state index is 13.2. The van der Waals surface area contributed by atoms with Crippen LogP contribution in [0, 0.1) is 0 Å². The molecule has 1 amide bonds. The van der Waals surface area contributed by atoms with E-state index < -0.39 is 23.6 Å². The third kappa shape index (κ3) is 6.81. The third-order valence-electron chi connectivity index (χ3n) is 6.82. The summed E-state index contributed by atoms with van der Waals surface area (Å²) in [4.78, 5) is 27.8. The number of nitrogens with zero attached hydrogens (tertiary/aromatic N) is 3. The Balaban J connectivity index is 1.53. The molecule has 2 heterocycles. The van der Waals surface area contributed by atoms with E-state index in [0.29, 0.717) is 49.2 Å². The van der Waals surface area contributed by atoms with Crippen LogP contribution in [0.3, 0.4) is 0 Å². The number of carbonyl (C=O) groups is 2. The van der Waals surface area contributed by atoms with E-state index in [4.69, 9.17) is 33.4 Å². The minimum Gasteiger partial charge on any atom is -0.481 e. The van der Waals surface area contributed by atoms with Crippen molar-refractivity contribution in [1.29, 1.82) is 0 Å². The molecule has 0 saturated heterocycles. The van der Waals surface area contributed by atoms with E-state index in [0.717, 1.165) is 17.7 Å². The van der Waals surface area contributed by atoms with Gasteiger partial charge in [-0.25, -0.2) is 4.98 Å². The van der Waals surface area contributed by atoms with Crippen LogP contribution in [0.2, 0.25) is 10.0 Å². The van der Waals surface area contributed by atoms with E-state index >= 15 is 0 Å². The van der Waals surface area contributed by atoms with Gasteiger partial charge in [0.2, 0.25) is 0 Å². The van der Waals surface area contributed by atoms with Gasteiger partial charge in [-0.15, -0.1) is 0 Å². The van der Waals surface area contributed by atoms with Crippen LogP contribution in [-0.2, 0) is 11.0 Å². The van der Waals surface area contributed by atoms with Gasteiger partial charge in [-0.1, -0.05) is 41.4 Å². The summed E-state index contributed by atoms with van der Waals surface area (Å²) in [6, 6.07) is 19.9. The van der Waals surface area contributed by atoms with Gasteiger partial charge in [-0.05, 0) is 73.2 Å². The molecule has 1 atom stereocenters. The SMILES string of the molecule is CC(c1ccc(C(=O)NCCC(=O)O)cc1)n1nc(-c2cc(Cl)cc(Cl)c2)cc1-c1ccc2cc(C(F)(F)F)ccc2n1. The number of carboxylic acid groups (broad SMARTS) is 1. The molecule has 1 unspecified atom stereocenters. The van der Waals surface area contributed by atoms with Crippen molar-refractivity contribution in [2.45, 2.75) is 25.6 Å². The number of benzene rings is 3. The van der Waals surface area contributed by atoms with E-state index in [9.17, 15) is 22.8 Å². The van der Waals surface area contributed by atoms with Gasteiger partial charge in [-0.2, -0.15) is 18.3 Å². The Kier molecular flexibility index (Phi) is 8.43. The van der Waals surface area contributed by atoms with Gasteiger partial charge in [0.15, 0.2) is 0 Å². The Morgan fingerprint density at radius 3 is 2.28 bits per heavy atom. The molecule has 0 fully saturated rings. The molecule has 12 heteroatoms. The normalized spacial score (nSPS) is 12.3. The average Bonchev–Trinajstić information content (AvgIpc) is 3.41. The van der Waals surface area contributed by atoms with Crippen LogP contribution >= 0.6 is 23.2 Å². The van der Waals surface area contributed by atoms with E-state index in [-0.39, 0.29) is 19.0 Å². The zero-order valence-corrected chi connectivity index (χ0v) is 24.0. The van der Waals surface area contributed by atoms with Crippen LogP contribution in [0.15, 0.2) is 78.9 Å². The standard InChI is InChI=1S/C31H23Cl2F3N4O3/c1-17(18-2-4-19(5-3-18)30(43)37-11-10-29(41)42)40-28(16-27(39-40)21-13-23(32)15-24(33)14-21)26-8-6-20-12-22(31(34,35)36)7-9-25(20)38-26/h2-9,12-17H,10-11H2,1H3,(H,37,43)(H,41,42). The van der Waals surface area contributed by atoms with Crippen molar-refractivity contribution >= 4 is 46.0 Å². The Morgan fingerprint density at radius 2 is 1.63 bits per heavy atom. The summed E-state index contributed by atoms with van der Waals surface area (Å²) in [6.45, 7) is 1.92. The molecule has 3 aromatic carbocycles. The lowest BCUT2D eigenvalue weighted by Gasteiger charge is -2.17. The van der Waals surface area contributed by atoms with Crippen molar-refractivity contribution < 1.29 is 27.9 Å². The number of aromatic nitrogens is 3. The molecular weight excluding hydrogens is 604 g/mol. The molecule has 2 N–H and O–H groups in total. The summed E-state index contributed by atoms with van der Waals surface area (Å²) >= 11 is 12.5. The predicted octanol–water partition coefficient (Wildman–Crippen LogP) is 7.90. The van der Waals surface area contributed by atoms with Gasteiger partial charge in [0.05, 0.1) is 40.6 Å². The lowest BCUT2D eigenvalue weighted by atomic mass is 10.0. The van der Waals surface area contributed by atoms with Crippen LogP contribution in [-0.4, -0.2) is 38.3 Å². The van der Waals surface area contributed by atoms with E-state index in [1.807, 2.05) is 6.92 Å². The van der Waals surface area contributed by atoms with Gasteiger partial charge < -0.3 is 10.4 Å². The molecule has 0 aliphatic carbocycles. The maximum atomic E-state index is 13.2. The lowest BCUT2D eigenvalue weighted by Crippen LogP contribution is -2.26. The zero-order valence-electron chi connectivity index (χ0n) is 22.5. The molecule has 0 bridgehead atoms. The average molecular weight is 627 g/mol. The fourth-order valence-electron chi connectivity index (χ4n) is 4.61. The summed E-state index contributed by atoms with van der Waals surface area (Å²) in [5.74, 6) is -1.40. The molecule has 0 spiro atoms. The number of alkyl halides is 3. The van der Waals surface area contributed by atoms with E-state index in [2.05, 4.69) is 10.3 Å². The highest BCUT2D eigenvalue weighted by atomic mass is 35.5. The topological polar surface area (TPSA) is 97.1 Å². The van der Waals surface area contributed by atoms with Crippen LogP contribution in [0.5, 0.6) is 0 Å². The van der Waals surface area contributed by atoms with Gasteiger partial charge in [0.25, 0.3) is 5.91 Å². The van der Waals surface area contributed by atoms with Crippen molar-refractivity contribution in [3.63, 3.8) is 0 Å². The summed E-state index contributed by atoms with van der Waals surface area (Å²) < 4.78 is 41.5. The number of carbonyl (C=O) groups excluding carboxylic acids is 1. The fourth-order valence-corrected chi connectivity index (χ4v) is 5.13. The maximum Gasteiger partial charge on any atom is 0.416 e. The van der Waals surface area contributed by atoms with Crippen LogP contribution in [0.25, 0.3) is 33.5 Å².